The average Bonchev–Trinajstić information content (AvgIpc) is 2.66. The molecular formula is C14H24N2O3S. The molecule has 2 N–H and O–H groups in total. The summed E-state index contributed by atoms with van der Waals surface area (Å²) >= 11 is 1.79. The number of rotatable bonds is 7. The molecule has 20 heavy (non-hydrogen) atoms. The van der Waals surface area contributed by atoms with E-state index in [0.29, 0.717) is 11.7 Å². The van der Waals surface area contributed by atoms with Crippen molar-refractivity contribution in [3.8, 4) is 0 Å². The summed E-state index contributed by atoms with van der Waals surface area (Å²) in [5.41, 5.74) is 0. The molecule has 1 heterocycles. The van der Waals surface area contributed by atoms with Gasteiger partial charge in [-0.3, -0.25) is 9.59 Å². The van der Waals surface area contributed by atoms with Crippen molar-refractivity contribution in [2.75, 3.05) is 5.75 Å². The molecular weight excluding hydrogens is 276 g/mol. The summed E-state index contributed by atoms with van der Waals surface area (Å²) in [4.78, 5) is 33.4. The highest BCUT2D eigenvalue weighted by molar-refractivity contribution is 8.00. The minimum absolute atomic E-state index is 0.000734. The van der Waals surface area contributed by atoms with Crippen LogP contribution < -0.4 is 10.6 Å². The summed E-state index contributed by atoms with van der Waals surface area (Å²) in [6, 6.07) is -0.0158. The van der Waals surface area contributed by atoms with Crippen LogP contribution >= 0.6 is 11.8 Å². The van der Waals surface area contributed by atoms with E-state index in [4.69, 9.17) is 0 Å². The molecule has 2 amide bonds. The lowest BCUT2D eigenvalue weighted by Crippen LogP contribution is -2.52. The van der Waals surface area contributed by atoms with Gasteiger partial charge in [-0.25, -0.2) is 0 Å². The number of thioether (sulfide) groups is 1. The summed E-state index contributed by atoms with van der Waals surface area (Å²) in [6.45, 7) is 4.60. The van der Waals surface area contributed by atoms with Crippen molar-refractivity contribution in [1.29, 1.82) is 0 Å². The number of carbonyl (C=O) groups is 3. The van der Waals surface area contributed by atoms with Gasteiger partial charge in [-0.05, 0) is 19.8 Å². The zero-order valence-electron chi connectivity index (χ0n) is 12.4. The van der Waals surface area contributed by atoms with E-state index < -0.39 is 0 Å². The zero-order valence-corrected chi connectivity index (χ0v) is 13.2. The number of hydrogen-bond acceptors (Lipinski definition) is 4. The first-order chi connectivity index (χ1) is 9.40. The Hall–Kier alpha value is -1.04. The van der Waals surface area contributed by atoms with Crippen LogP contribution in [0.5, 0.6) is 0 Å². The molecule has 0 saturated carbocycles. The molecule has 114 valence electrons. The molecule has 6 heteroatoms. The lowest BCUT2D eigenvalue weighted by atomic mass is 10.0. The van der Waals surface area contributed by atoms with Crippen molar-refractivity contribution in [2.45, 2.75) is 63.8 Å². The van der Waals surface area contributed by atoms with Crippen LogP contribution in [-0.4, -0.2) is 40.7 Å². The number of nitrogens with one attached hydrogen (secondary N) is 2. The van der Waals surface area contributed by atoms with E-state index in [1.54, 1.807) is 18.7 Å². The van der Waals surface area contributed by atoms with Gasteiger partial charge in [-0.15, -0.1) is 0 Å². The first kappa shape index (κ1) is 17.0. The highest BCUT2D eigenvalue weighted by atomic mass is 32.2. The number of carbonyl (C=O) groups excluding carboxylic acids is 3. The van der Waals surface area contributed by atoms with Crippen LogP contribution in [0.15, 0.2) is 0 Å². The molecule has 0 aromatic heterocycles. The Labute approximate surface area is 124 Å². The Morgan fingerprint density at radius 3 is 2.25 bits per heavy atom. The van der Waals surface area contributed by atoms with Crippen molar-refractivity contribution in [3.05, 3.63) is 0 Å². The summed E-state index contributed by atoms with van der Waals surface area (Å²) in [7, 11) is 0. The smallest absolute Gasteiger partial charge is 0.217 e. The van der Waals surface area contributed by atoms with Gasteiger partial charge in [0.2, 0.25) is 11.8 Å². The van der Waals surface area contributed by atoms with Crippen LogP contribution in [0.1, 0.15) is 46.5 Å². The van der Waals surface area contributed by atoms with Gasteiger partial charge in [0.1, 0.15) is 5.78 Å². The van der Waals surface area contributed by atoms with Gasteiger partial charge in [-0.2, -0.15) is 11.8 Å². The van der Waals surface area contributed by atoms with Crippen LogP contribution in [0.2, 0.25) is 0 Å². The summed E-state index contributed by atoms with van der Waals surface area (Å²) in [5, 5.41) is 6.17. The summed E-state index contributed by atoms with van der Waals surface area (Å²) in [5.74, 6) is 0.908. The minimum atomic E-state index is -0.0680. The van der Waals surface area contributed by atoms with Crippen molar-refractivity contribution < 1.29 is 14.4 Å². The van der Waals surface area contributed by atoms with Crippen LogP contribution in [0, 0.1) is 0 Å². The Morgan fingerprint density at radius 1 is 1.05 bits per heavy atom. The standard InChI is InChI=1S/C14H24N2O3S/c1-9(17)6-4-5-7-13-14(16-11(3)19)12(8-20-13)15-10(2)18/h12-14H,4-8H2,1-3H3,(H,15,18)(H,16,19). The number of hydrogen-bond donors (Lipinski definition) is 2. The molecule has 3 atom stereocenters. The van der Waals surface area contributed by atoms with Gasteiger partial charge in [-0.1, -0.05) is 6.42 Å². The van der Waals surface area contributed by atoms with Gasteiger partial charge in [0, 0.05) is 31.3 Å². The van der Waals surface area contributed by atoms with Crippen LogP contribution in [0.25, 0.3) is 0 Å². The Balaban J connectivity index is 2.49. The summed E-state index contributed by atoms with van der Waals surface area (Å²) in [6.07, 6.45) is 3.44. The van der Waals surface area contributed by atoms with Gasteiger partial charge in [0.05, 0.1) is 12.1 Å². The topological polar surface area (TPSA) is 75.3 Å². The van der Waals surface area contributed by atoms with E-state index in [-0.39, 0.29) is 29.7 Å². The maximum absolute atomic E-state index is 11.3. The van der Waals surface area contributed by atoms with Crippen molar-refractivity contribution >= 4 is 29.4 Å². The molecule has 3 unspecified atom stereocenters. The minimum Gasteiger partial charge on any atom is -0.351 e. The first-order valence-electron chi connectivity index (χ1n) is 7.05. The fourth-order valence-corrected chi connectivity index (χ4v) is 4.04. The van der Waals surface area contributed by atoms with Gasteiger partial charge >= 0.3 is 0 Å². The fourth-order valence-electron chi connectivity index (χ4n) is 2.50. The lowest BCUT2D eigenvalue weighted by molar-refractivity contribution is -0.122. The van der Waals surface area contributed by atoms with Gasteiger partial charge < -0.3 is 15.4 Å². The van der Waals surface area contributed by atoms with Crippen molar-refractivity contribution in [2.24, 2.45) is 0 Å². The van der Waals surface area contributed by atoms with E-state index in [1.165, 1.54) is 13.8 Å². The second-order valence-electron chi connectivity index (χ2n) is 5.35. The number of ketones is 1. The average molecular weight is 300 g/mol. The molecule has 0 bridgehead atoms. The van der Waals surface area contributed by atoms with Gasteiger partial charge in [0.25, 0.3) is 0 Å². The predicted molar refractivity (Wildman–Crippen MR) is 80.6 cm³/mol. The maximum Gasteiger partial charge on any atom is 0.217 e. The molecule has 5 nitrogen and oxygen atoms in total. The third kappa shape index (κ3) is 5.94. The molecule has 0 spiro atoms. The predicted octanol–water partition coefficient (Wildman–Crippen LogP) is 1.26. The third-order valence-corrected chi connectivity index (χ3v) is 4.86. The summed E-state index contributed by atoms with van der Waals surface area (Å²) < 4.78 is 0. The number of Topliss-reactive ketones (excluding diaryl/α,β-unsaturated/α-hetero) is 1. The molecule has 1 saturated heterocycles. The first-order valence-corrected chi connectivity index (χ1v) is 8.10. The van der Waals surface area contributed by atoms with Gasteiger partial charge in [0.15, 0.2) is 0 Å². The van der Waals surface area contributed by atoms with E-state index in [9.17, 15) is 14.4 Å². The Kier molecular flexibility index (Phi) is 7.05. The zero-order chi connectivity index (χ0) is 15.1. The van der Waals surface area contributed by atoms with E-state index >= 15 is 0 Å². The molecule has 0 aliphatic carbocycles. The van der Waals surface area contributed by atoms with Crippen LogP contribution in [0.3, 0.4) is 0 Å². The molecule has 1 rings (SSSR count). The van der Waals surface area contributed by atoms with Crippen LogP contribution in [0.4, 0.5) is 0 Å². The Bertz CT molecular complexity index is 373. The third-order valence-electron chi connectivity index (χ3n) is 3.35. The monoisotopic (exact) mass is 300 g/mol. The molecule has 1 aliphatic rings. The maximum atomic E-state index is 11.3. The number of amides is 2. The lowest BCUT2D eigenvalue weighted by Gasteiger charge is -2.25. The fraction of sp³-hybridized carbons (Fsp3) is 0.786. The second kappa shape index (κ2) is 8.29. The molecule has 1 aliphatic heterocycles. The van der Waals surface area contributed by atoms with Crippen LogP contribution in [-0.2, 0) is 14.4 Å². The second-order valence-corrected chi connectivity index (χ2v) is 6.63. The molecule has 0 aromatic rings. The Morgan fingerprint density at radius 2 is 1.70 bits per heavy atom. The molecule has 0 radical (unpaired) electrons. The quantitative estimate of drug-likeness (QED) is 0.694. The highest BCUT2D eigenvalue weighted by Gasteiger charge is 2.37. The SMILES string of the molecule is CC(=O)CCCCC1SCC(NC(C)=O)C1NC(C)=O. The number of unbranched alkanes of at least 4 members (excludes halogenated alkanes) is 1. The highest BCUT2D eigenvalue weighted by Crippen LogP contribution is 2.31. The van der Waals surface area contributed by atoms with E-state index in [2.05, 4.69) is 10.6 Å². The van der Waals surface area contributed by atoms with Crippen molar-refractivity contribution in [1.82, 2.24) is 10.6 Å². The van der Waals surface area contributed by atoms with E-state index in [1.807, 2.05) is 0 Å². The van der Waals surface area contributed by atoms with Crippen molar-refractivity contribution in [3.63, 3.8) is 0 Å². The molecule has 0 aromatic carbocycles. The molecule has 1 fully saturated rings. The normalized spacial score (nSPS) is 25.2. The largest absolute Gasteiger partial charge is 0.351 e. The van der Waals surface area contributed by atoms with E-state index in [0.717, 1.165) is 25.0 Å².